The van der Waals surface area contributed by atoms with Crippen LogP contribution < -0.4 is 0 Å². The summed E-state index contributed by atoms with van der Waals surface area (Å²) in [5.74, 6) is 0.0441. The van der Waals surface area contributed by atoms with Crippen LogP contribution in [0.2, 0.25) is 0 Å². The first-order valence-corrected chi connectivity index (χ1v) is 9.05. The number of pyridine rings is 1. The van der Waals surface area contributed by atoms with Crippen LogP contribution in [0.5, 0.6) is 0 Å². The zero-order chi connectivity index (χ0) is 19.8. The quantitative estimate of drug-likeness (QED) is 0.495. The number of tetrazole rings is 1. The second-order valence-electron chi connectivity index (χ2n) is 6.88. The minimum Gasteiger partial charge on any atom is -0.415 e. The molecule has 8 nitrogen and oxygen atoms in total. The van der Waals surface area contributed by atoms with Gasteiger partial charge in [0.05, 0.1) is 17.7 Å². The minimum absolute atomic E-state index is 0.0547. The second kappa shape index (κ2) is 6.80. The highest BCUT2D eigenvalue weighted by Crippen LogP contribution is 2.51. The molecule has 1 fully saturated rings. The molecule has 146 valence electrons. The molecule has 1 aliphatic carbocycles. The van der Waals surface area contributed by atoms with Gasteiger partial charge in [0, 0.05) is 11.8 Å². The molecule has 29 heavy (non-hydrogen) atoms. The number of nitrogens with zero attached hydrogens (tertiary/aromatic N) is 7. The van der Waals surface area contributed by atoms with Crippen LogP contribution in [0.25, 0.3) is 11.5 Å². The Bertz CT molecular complexity index is 1120. The van der Waals surface area contributed by atoms with E-state index in [-0.39, 0.29) is 11.3 Å². The molecule has 3 heterocycles. The Kier molecular flexibility index (Phi) is 4.11. The molecule has 0 radical (unpaired) electrons. The summed E-state index contributed by atoms with van der Waals surface area (Å²) in [6.45, 7) is 0.428. The standard InChI is InChI=1S/C19H15F2N7O/c20-15(21)17-24-23-16(29-17)13-6-4-12(5-7-13)11-28-26-18(25-27-28)19(8-9-19)14-3-1-2-10-22-14/h1-7,10,15H,8-9,11H2. The van der Waals surface area contributed by atoms with Gasteiger partial charge in [0.25, 0.3) is 5.89 Å². The molecule has 5 rings (SSSR count). The fourth-order valence-electron chi connectivity index (χ4n) is 3.22. The topological polar surface area (TPSA) is 95.4 Å². The van der Waals surface area contributed by atoms with Crippen LogP contribution >= 0.6 is 0 Å². The van der Waals surface area contributed by atoms with Gasteiger partial charge in [-0.15, -0.1) is 20.4 Å². The minimum atomic E-state index is -2.79. The van der Waals surface area contributed by atoms with Gasteiger partial charge in [0.2, 0.25) is 5.89 Å². The first-order valence-electron chi connectivity index (χ1n) is 9.05. The number of hydrogen-bond donors (Lipinski definition) is 0. The number of hydrogen-bond acceptors (Lipinski definition) is 7. The third-order valence-corrected chi connectivity index (χ3v) is 4.94. The van der Waals surface area contributed by atoms with Crippen molar-refractivity contribution in [3.8, 4) is 11.5 Å². The maximum absolute atomic E-state index is 12.6. The van der Waals surface area contributed by atoms with E-state index in [1.165, 1.54) is 4.80 Å². The number of benzene rings is 1. The van der Waals surface area contributed by atoms with Crippen LogP contribution in [0, 0.1) is 0 Å². The van der Waals surface area contributed by atoms with Crippen LogP contribution in [0.1, 0.15) is 42.2 Å². The monoisotopic (exact) mass is 395 g/mol. The molecule has 4 aromatic rings. The number of alkyl halides is 2. The molecule has 0 aliphatic heterocycles. The highest BCUT2D eigenvalue weighted by molar-refractivity contribution is 5.53. The van der Waals surface area contributed by atoms with E-state index >= 15 is 0 Å². The van der Waals surface area contributed by atoms with Crippen molar-refractivity contribution >= 4 is 0 Å². The lowest BCUT2D eigenvalue weighted by atomic mass is 10.0. The normalized spacial score (nSPS) is 15.0. The molecule has 0 atom stereocenters. The lowest BCUT2D eigenvalue weighted by Crippen LogP contribution is -2.13. The summed E-state index contributed by atoms with van der Waals surface area (Å²) in [7, 11) is 0. The second-order valence-corrected chi connectivity index (χ2v) is 6.88. The van der Waals surface area contributed by atoms with E-state index in [4.69, 9.17) is 4.42 Å². The van der Waals surface area contributed by atoms with Gasteiger partial charge >= 0.3 is 6.43 Å². The Morgan fingerprint density at radius 1 is 1.03 bits per heavy atom. The number of rotatable bonds is 6. The predicted molar refractivity (Wildman–Crippen MR) is 95.9 cm³/mol. The summed E-state index contributed by atoms with van der Waals surface area (Å²) in [5.41, 5.74) is 2.22. The van der Waals surface area contributed by atoms with Crippen molar-refractivity contribution in [1.29, 1.82) is 0 Å². The fourth-order valence-corrected chi connectivity index (χ4v) is 3.22. The van der Waals surface area contributed by atoms with E-state index in [0.717, 1.165) is 24.1 Å². The van der Waals surface area contributed by atoms with Gasteiger partial charge in [-0.2, -0.15) is 13.6 Å². The molecule has 0 N–H and O–H groups in total. The number of halogens is 2. The maximum atomic E-state index is 12.6. The van der Waals surface area contributed by atoms with Gasteiger partial charge in [-0.1, -0.05) is 18.2 Å². The van der Waals surface area contributed by atoms with Gasteiger partial charge in [-0.05, 0) is 47.9 Å². The van der Waals surface area contributed by atoms with Crippen molar-refractivity contribution in [3.05, 3.63) is 71.6 Å². The Hall–Kier alpha value is -3.56. The highest BCUT2D eigenvalue weighted by atomic mass is 19.3. The summed E-state index contributed by atoms with van der Waals surface area (Å²) >= 11 is 0. The lowest BCUT2D eigenvalue weighted by molar-refractivity contribution is 0.116. The van der Waals surface area contributed by atoms with E-state index in [0.29, 0.717) is 17.9 Å². The van der Waals surface area contributed by atoms with Crippen LogP contribution in [-0.4, -0.2) is 35.4 Å². The van der Waals surface area contributed by atoms with Gasteiger partial charge in [0.1, 0.15) is 0 Å². The molecular formula is C19H15F2N7O. The van der Waals surface area contributed by atoms with Gasteiger partial charge in [0.15, 0.2) is 5.82 Å². The van der Waals surface area contributed by atoms with E-state index in [1.807, 2.05) is 30.3 Å². The Balaban J connectivity index is 1.31. The van der Waals surface area contributed by atoms with Crippen molar-refractivity contribution in [2.24, 2.45) is 0 Å². The number of aromatic nitrogens is 7. The Morgan fingerprint density at radius 3 is 2.52 bits per heavy atom. The molecule has 3 aromatic heterocycles. The summed E-state index contributed by atoms with van der Waals surface area (Å²) in [6.07, 6.45) is 0.892. The van der Waals surface area contributed by atoms with E-state index in [2.05, 4.69) is 30.6 Å². The molecule has 10 heteroatoms. The zero-order valence-electron chi connectivity index (χ0n) is 15.1. The summed E-state index contributed by atoms with van der Waals surface area (Å²) in [6, 6.07) is 13.0. The van der Waals surface area contributed by atoms with E-state index in [1.54, 1.807) is 18.3 Å². The molecule has 0 spiro atoms. The summed E-state index contributed by atoms with van der Waals surface area (Å²) < 4.78 is 30.1. The van der Waals surface area contributed by atoms with Gasteiger partial charge < -0.3 is 4.42 Å². The summed E-state index contributed by atoms with van der Waals surface area (Å²) in [5, 5.41) is 19.9. The molecule has 1 aliphatic rings. The van der Waals surface area contributed by atoms with Crippen molar-refractivity contribution in [1.82, 2.24) is 35.4 Å². The third-order valence-electron chi connectivity index (χ3n) is 4.94. The molecule has 1 aromatic carbocycles. The first kappa shape index (κ1) is 17.5. The van der Waals surface area contributed by atoms with E-state index < -0.39 is 12.3 Å². The van der Waals surface area contributed by atoms with E-state index in [9.17, 15) is 8.78 Å². The van der Waals surface area contributed by atoms with Crippen LogP contribution in [0.15, 0.2) is 53.1 Å². The maximum Gasteiger partial charge on any atom is 0.314 e. The van der Waals surface area contributed by atoms with Crippen molar-refractivity contribution in [3.63, 3.8) is 0 Å². The fraction of sp³-hybridized carbons (Fsp3) is 0.263. The van der Waals surface area contributed by atoms with Crippen LogP contribution in [0.4, 0.5) is 8.78 Å². The molecule has 0 unspecified atom stereocenters. The van der Waals surface area contributed by atoms with Crippen molar-refractivity contribution in [2.45, 2.75) is 31.2 Å². The molecule has 0 saturated heterocycles. The summed E-state index contributed by atoms with van der Waals surface area (Å²) in [4.78, 5) is 5.99. The van der Waals surface area contributed by atoms with Gasteiger partial charge in [-0.25, -0.2) is 0 Å². The molecule has 1 saturated carbocycles. The van der Waals surface area contributed by atoms with Crippen LogP contribution in [0.3, 0.4) is 0 Å². The average molecular weight is 395 g/mol. The smallest absolute Gasteiger partial charge is 0.314 e. The van der Waals surface area contributed by atoms with Crippen LogP contribution in [-0.2, 0) is 12.0 Å². The molecule has 0 amide bonds. The first-order chi connectivity index (χ1) is 14.1. The molecule has 0 bridgehead atoms. The predicted octanol–water partition coefficient (Wildman–Crippen LogP) is 3.18. The SMILES string of the molecule is FC(F)c1nnc(-c2ccc(Cn3nnc(C4(c5ccccn5)CC4)n3)cc2)o1. The third kappa shape index (κ3) is 3.26. The van der Waals surface area contributed by atoms with Gasteiger partial charge in [-0.3, -0.25) is 4.98 Å². The Morgan fingerprint density at radius 2 is 1.86 bits per heavy atom. The molecular weight excluding hydrogens is 380 g/mol. The largest absolute Gasteiger partial charge is 0.415 e. The lowest BCUT2D eigenvalue weighted by Gasteiger charge is -2.08. The zero-order valence-corrected chi connectivity index (χ0v) is 15.1. The van der Waals surface area contributed by atoms with Crippen molar-refractivity contribution < 1.29 is 13.2 Å². The average Bonchev–Trinajstić information content (AvgIpc) is 3.17. The van der Waals surface area contributed by atoms with Crippen molar-refractivity contribution in [2.75, 3.05) is 0 Å². The Labute approximate surface area is 163 Å². The highest BCUT2D eigenvalue weighted by Gasteiger charge is 2.51.